The Hall–Kier alpha value is -3.12. The Kier molecular flexibility index (Phi) is 5.12. The summed E-state index contributed by atoms with van der Waals surface area (Å²) >= 11 is 0. The molecule has 2 heterocycles. The molecule has 1 atom stereocenters. The molecule has 1 aromatic heterocycles. The molecule has 1 unspecified atom stereocenters. The van der Waals surface area contributed by atoms with Gasteiger partial charge in [0, 0.05) is 33.9 Å². The number of amides is 1. The van der Waals surface area contributed by atoms with Crippen LogP contribution >= 0.6 is 0 Å². The Balaban J connectivity index is 1.60. The van der Waals surface area contributed by atoms with Crippen LogP contribution in [0.15, 0.2) is 54.7 Å². The molecule has 144 valence electrons. The highest BCUT2D eigenvalue weighted by atomic mass is 16.4. The van der Waals surface area contributed by atoms with Crippen molar-refractivity contribution >= 4 is 28.5 Å². The third-order valence-electron chi connectivity index (χ3n) is 5.29. The lowest BCUT2D eigenvalue weighted by atomic mass is 10.0. The van der Waals surface area contributed by atoms with Crippen LogP contribution in [0.1, 0.15) is 41.2 Å². The molecule has 1 saturated heterocycles. The average Bonchev–Trinajstić information content (AvgIpc) is 3.12. The van der Waals surface area contributed by atoms with Crippen molar-refractivity contribution in [2.75, 3.05) is 18.4 Å². The number of hydrogen-bond acceptors (Lipinski definition) is 3. The molecular formula is C22H23N3O3. The zero-order valence-corrected chi connectivity index (χ0v) is 15.5. The van der Waals surface area contributed by atoms with E-state index in [0.29, 0.717) is 11.3 Å². The highest BCUT2D eigenvalue weighted by Gasteiger charge is 2.30. The van der Waals surface area contributed by atoms with Crippen molar-refractivity contribution in [2.24, 2.45) is 0 Å². The summed E-state index contributed by atoms with van der Waals surface area (Å²) < 4.78 is 0. The molecule has 6 heteroatoms. The zero-order chi connectivity index (χ0) is 19.5. The third kappa shape index (κ3) is 3.64. The molecule has 0 aliphatic carbocycles. The maximum atomic E-state index is 12.4. The Labute approximate surface area is 163 Å². The summed E-state index contributed by atoms with van der Waals surface area (Å²) in [7, 11) is 0. The van der Waals surface area contributed by atoms with Crippen molar-refractivity contribution in [3.05, 3.63) is 65.9 Å². The van der Waals surface area contributed by atoms with Crippen LogP contribution in [-0.4, -0.2) is 40.0 Å². The van der Waals surface area contributed by atoms with Gasteiger partial charge in [-0.1, -0.05) is 30.7 Å². The number of likely N-dealkylation sites (tertiary alicyclic amines) is 1. The molecule has 1 fully saturated rings. The van der Waals surface area contributed by atoms with Crippen molar-refractivity contribution in [1.29, 1.82) is 0 Å². The van der Waals surface area contributed by atoms with E-state index in [2.05, 4.69) is 10.3 Å². The fraction of sp³-hybridized carbons (Fsp3) is 0.273. The number of carboxylic acid groups (broad SMARTS) is 1. The summed E-state index contributed by atoms with van der Waals surface area (Å²) in [5, 5.41) is 13.6. The number of fused-ring (bicyclic) bond motifs is 1. The highest BCUT2D eigenvalue weighted by Crippen LogP contribution is 2.32. The van der Waals surface area contributed by atoms with Gasteiger partial charge in [-0.05, 0) is 50.2 Å². The second kappa shape index (κ2) is 7.86. The van der Waals surface area contributed by atoms with E-state index in [0.717, 1.165) is 48.8 Å². The maximum absolute atomic E-state index is 12.4. The Bertz CT molecular complexity index is 991. The van der Waals surface area contributed by atoms with Gasteiger partial charge in [0.15, 0.2) is 0 Å². The highest BCUT2D eigenvalue weighted by molar-refractivity contribution is 6.05. The summed E-state index contributed by atoms with van der Waals surface area (Å²) in [4.78, 5) is 29.6. The summed E-state index contributed by atoms with van der Waals surface area (Å²) in [6.45, 7) is 1.60. The predicted molar refractivity (Wildman–Crippen MR) is 108 cm³/mol. The van der Waals surface area contributed by atoms with E-state index in [1.54, 1.807) is 18.3 Å². The van der Waals surface area contributed by atoms with Crippen molar-refractivity contribution in [1.82, 2.24) is 9.88 Å². The number of benzene rings is 2. The van der Waals surface area contributed by atoms with Crippen molar-refractivity contribution in [3.8, 4) is 0 Å². The predicted octanol–water partition coefficient (Wildman–Crippen LogP) is 4.03. The molecule has 3 N–H and O–H groups in total. The largest absolute Gasteiger partial charge is 0.480 e. The molecule has 1 amide bonds. The number of aromatic nitrogens is 1. The molecule has 0 radical (unpaired) electrons. The number of anilines is 1. The van der Waals surface area contributed by atoms with E-state index in [4.69, 9.17) is 0 Å². The van der Waals surface area contributed by atoms with Gasteiger partial charge in [0.25, 0.3) is 5.91 Å². The Morgan fingerprint density at radius 1 is 1.04 bits per heavy atom. The van der Waals surface area contributed by atoms with E-state index in [-0.39, 0.29) is 5.91 Å². The van der Waals surface area contributed by atoms with Crippen LogP contribution in [0.25, 0.3) is 10.9 Å². The number of piperidine rings is 1. The lowest BCUT2D eigenvalue weighted by molar-refractivity contribution is -0.144. The quantitative estimate of drug-likeness (QED) is 0.627. The molecule has 1 aliphatic rings. The normalized spacial score (nSPS) is 16.0. The summed E-state index contributed by atoms with van der Waals surface area (Å²) in [5.41, 5.74) is 2.83. The number of carboxylic acids is 1. The monoisotopic (exact) mass is 377 g/mol. The number of hydrogen-bond donors (Lipinski definition) is 3. The van der Waals surface area contributed by atoms with E-state index in [1.807, 2.05) is 41.3 Å². The van der Waals surface area contributed by atoms with Gasteiger partial charge in [-0.3, -0.25) is 14.5 Å². The first-order chi connectivity index (χ1) is 13.6. The first-order valence-corrected chi connectivity index (χ1v) is 9.58. The van der Waals surface area contributed by atoms with Gasteiger partial charge < -0.3 is 15.4 Å². The lowest BCUT2D eigenvalue weighted by Gasteiger charge is -2.31. The Morgan fingerprint density at radius 3 is 2.50 bits per heavy atom. The number of nitrogens with one attached hydrogen (secondary N) is 2. The van der Waals surface area contributed by atoms with Crippen LogP contribution in [0.3, 0.4) is 0 Å². The molecule has 0 saturated carbocycles. The fourth-order valence-corrected chi connectivity index (χ4v) is 3.91. The van der Waals surface area contributed by atoms with Gasteiger partial charge in [0.1, 0.15) is 6.04 Å². The minimum atomic E-state index is -0.829. The minimum Gasteiger partial charge on any atom is -0.480 e. The van der Waals surface area contributed by atoms with Gasteiger partial charge in [-0.2, -0.15) is 0 Å². The third-order valence-corrected chi connectivity index (χ3v) is 5.29. The standard InChI is InChI=1S/C22H23N3O3/c26-21(15-7-3-1-4-8-15)24-16-9-10-17-18(14-23-19(17)13-16)20(22(27)28)25-11-5-2-6-12-25/h1,3-4,7-10,13-14,20,23H,2,5-6,11-12H2,(H,24,26)(H,27,28). The summed E-state index contributed by atoms with van der Waals surface area (Å²) in [6.07, 6.45) is 4.99. The van der Waals surface area contributed by atoms with Crippen molar-refractivity contribution < 1.29 is 14.7 Å². The Morgan fingerprint density at radius 2 is 1.79 bits per heavy atom. The first-order valence-electron chi connectivity index (χ1n) is 9.58. The van der Waals surface area contributed by atoms with Crippen LogP contribution in [0.2, 0.25) is 0 Å². The second-order valence-electron chi connectivity index (χ2n) is 7.16. The molecule has 6 nitrogen and oxygen atoms in total. The zero-order valence-electron chi connectivity index (χ0n) is 15.5. The number of carbonyl (C=O) groups is 2. The molecule has 28 heavy (non-hydrogen) atoms. The van der Waals surface area contributed by atoms with E-state index >= 15 is 0 Å². The second-order valence-corrected chi connectivity index (χ2v) is 7.16. The van der Waals surface area contributed by atoms with Gasteiger partial charge in [-0.25, -0.2) is 0 Å². The molecule has 1 aliphatic heterocycles. The fourth-order valence-electron chi connectivity index (χ4n) is 3.91. The van der Waals surface area contributed by atoms with Crippen molar-refractivity contribution in [3.63, 3.8) is 0 Å². The van der Waals surface area contributed by atoms with Crippen LogP contribution in [0.5, 0.6) is 0 Å². The van der Waals surface area contributed by atoms with Crippen LogP contribution in [0.4, 0.5) is 5.69 Å². The average molecular weight is 377 g/mol. The van der Waals surface area contributed by atoms with E-state index in [9.17, 15) is 14.7 Å². The number of nitrogens with zero attached hydrogens (tertiary/aromatic N) is 1. The summed E-state index contributed by atoms with van der Waals surface area (Å²) in [6, 6.07) is 13.9. The van der Waals surface area contributed by atoms with E-state index < -0.39 is 12.0 Å². The van der Waals surface area contributed by atoms with E-state index in [1.165, 1.54) is 0 Å². The number of H-pyrrole nitrogens is 1. The lowest BCUT2D eigenvalue weighted by Crippen LogP contribution is -2.37. The van der Waals surface area contributed by atoms with Gasteiger partial charge in [0.2, 0.25) is 0 Å². The van der Waals surface area contributed by atoms with Crippen LogP contribution in [-0.2, 0) is 4.79 Å². The van der Waals surface area contributed by atoms with Crippen LogP contribution in [0, 0.1) is 0 Å². The topological polar surface area (TPSA) is 85.4 Å². The summed E-state index contributed by atoms with van der Waals surface area (Å²) in [5.74, 6) is -1.01. The molecule has 0 bridgehead atoms. The first kappa shape index (κ1) is 18.3. The van der Waals surface area contributed by atoms with Gasteiger partial charge in [0.05, 0.1) is 0 Å². The number of aliphatic carboxylic acids is 1. The molecular weight excluding hydrogens is 354 g/mol. The van der Waals surface area contributed by atoms with Gasteiger partial charge >= 0.3 is 5.97 Å². The number of carbonyl (C=O) groups excluding carboxylic acids is 1. The molecule has 3 aromatic rings. The number of aromatic amines is 1. The number of rotatable bonds is 5. The van der Waals surface area contributed by atoms with Crippen molar-refractivity contribution in [2.45, 2.75) is 25.3 Å². The molecule has 0 spiro atoms. The SMILES string of the molecule is O=C(Nc1ccc2c(C(C(=O)O)N3CCCCC3)c[nH]c2c1)c1ccccc1. The van der Waals surface area contributed by atoms with Crippen LogP contribution < -0.4 is 5.32 Å². The molecule has 2 aromatic carbocycles. The van der Waals surface area contributed by atoms with Gasteiger partial charge in [-0.15, -0.1) is 0 Å². The maximum Gasteiger partial charge on any atom is 0.325 e. The minimum absolute atomic E-state index is 0.177. The molecule has 4 rings (SSSR count). The smallest absolute Gasteiger partial charge is 0.325 e.